The van der Waals surface area contributed by atoms with E-state index >= 15 is 0 Å². The molecule has 0 amide bonds. The molecule has 0 rings (SSSR count). The molecule has 0 aromatic heterocycles. The zero-order valence-electron chi connectivity index (χ0n) is 10.0. The largest absolute Gasteiger partial charge is 0.460 e. The molecule has 7 heteroatoms. The van der Waals surface area contributed by atoms with Crippen molar-refractivity contribution in [2.24, 2.45) is 11.7 Å². The van der Waals surface area contributed by atoms with Crippen LogP contribution in [0.2, 0.25) is 0 Å². The molecule has 0 saturated carbocycles. The van der Waals surface area contributed by atoms with E-state index in [1.807, 2.05) is 0 Å². The molecule has 1 atom stereocenters. The molecule has 0 aliphatic carbocycles. The zero-order valence-corrected chi connectivity index (χ0v) is 10.8. The van der Waals surface area contributed by atoms with Crippen LogP contribution in [0.3, 0.4) is 0 Å². The Balaban J connectivity index is 4.34. The lowest BCUT2D eigenvalue weighted by atomic mass is 10.1. The summed E-state index contributed by atoms with van der Waals surface area (Å²) in [5.74, 6) is -1.33. The predicted molar refractivity (Wildman–Crippen MR) is 59.2 cm³/mol. The molecule has 2 N–H and O–H groups in total. The van der Waals surface area contributed by atoms with Gasteiger partial charge in [0.1, 0.15) is 5.60 Å². The maximum absolute atomic E-state index is 11.5. The first-order chi connectivity index (χ1) is 7.05. The number of hydrogen-bond donors (Lipinski definition) is 1. The van der Waals surface area contributed by atoms with Crippen molar-refractivity contribution in [1.29, 1.82) is 0 Å². The summed E-state index contributed by atoms with van der Waals surface area (Å²) in [5, 5.41) is 0. The Morgan fingerprint density at radius 3 is 2.19 bits per heavy atom. The van der Waals surface area contributed by atoms with Gasteiger partial charge in [0.15, 0.2) is 0 Å². The van der Waals surface area contributed by atoms with E-state index in [0.29, 0.717) is 0 Å². The van der Waals surface area contributed by atoms with Gasteiger partial charge in [0.05, 0.1) is 18.8 Å². The van der Waals surface area contributed by atoms with Crippen molar-refractivity contribution >= 4 is 16.1 Å². The van der Waals surface area contributed by atoms with E-state index in [1.54, 1.807) is 20.8 Å². The molecule has 0 aliphatic rings. The fourth-order valence-electron chi connectivity index (χ4n) is 0.823. The van der Waals surface area contributed by atoms with Crippen LogP contribution in [0.25, 0.3) is 0 Å². The van der Waals surface area contributed by atoms with Crippen molar-refractivity contribution in [1.82, 2.24) is 0 Å². The van der Waals surface area contributed by atoms with Gasteiger partial charge in [-0.1, -0.05) is 0 Å². The van der Waals surface area contributed by atoms with Crippen molar-refractivity contribution in [3.8, 4) is 0 Å². The van der Waals surface area contributed by atoms with Gasteiger partial charge in [-0.3, -0.25) is 8.98 Å². The van der Waals surface area contributed by atoms with Crippen LogP contribution >= 0.6 is 0 Å². The Morgan fingerprint density at radius 2 is 1.88 bits per heavy atom. The van der Waals surface area contributed by atoms with Crippen molar-refractivity contribution in [2.45, 2.75) is 26.4 Å². The highest BCUT2D eigenvalue weighted by Gasteiger charge is 2.25. The minimum atomic E-state index is -3.57. The van der Waals surface area contributed by atoms with E-state index < -0.39 is 27.6 Å². The third-order valence-corrected chi connectivity index (χ3v) is 2.07. The van der Waals surface area contributed by atoms with Crippen LogP contribution in [0, 0.1) is 5.92 Å². The normalized spacial score (nSPS) is 14.6. The summed E-state index contributed by atoms with van der Waals surface area (Å²) in [6, 6.07) is 0. The van der Waals surface area contributed by atoms with Crippen molar-refractivity contribution in [3.63, 3.8) is 0 Å². The van der Waals surface area contributed by atoms with Gasteiger partial charge < -0.3 is 10.5 Å². The molecule has 6 nitrogen and oxygen atoms in total. The molecule has 0 saturated heterocycles. The van der Waals surface area contributed by atoms with Crippen LogP contribution in [0.15, 0.2) is 0 Å². The number of ether oxygens (including phenoxy) is 1. The van der Waals surface area contributed by atoms with E-state index in [9.17, 15) is 13.2 Å². The Morgan fingerprint density at radius 1 is 1.38 bits per heavy atom. The number of rotatable bonds is 5. The summed E-state index contributed by atoms with van der Waals surface area (Å²) < 4.78 is 31.1. The fourth-order valence-corrected chi connectivity index (χ4v) is 1.23. The highest BCUT2D eigenvalue weighted by molar-refractivity contribution is 7.85. The maximum atomic E-state index is 11.5. The molecule has 0 aromatic carbocycles. The molecule has 0 fully saturated rings. The van der Waals surface area contributed by atoms with Gasteiger partial charge >= 0.3 is 5.97 Å². The Kier molecular flexibility index (Phi) is 5.37. The Bertz CT molecular complexity index is 330. The van der Waals surface area contributed by atoms with Crippen molar-refractivity contribution in [2.75, 3.05) is 19.4 Å². The summed E-state index contributed by atoms with van der Waals surface area (Å²) in [6.07, 6.45) is 0.912. The summed E-state index contributed by atoms with van der Waals surface area (Å²) in [5.41, 5.74) is 4.72. The minimum absolute atomic E-state index is 0.0234. The van der Waals surface area contributed by atoms with Crippen LogP contribution in [0.5, 0.6) is 0 Å². The predicted octanol–water partition coefficient (Wildman–Crippen LogP) is -0.121. The standard InChI is InChI=1S/C9H19NO5S/c1-9(2,3)15-8(11)7(5-10)6-14-16(4,12)13/h7H,5-6,10H2,1-4H3/t7-/m1/s1. The molecule has 0 bridgehead atoms. The van der Waals surface area contributed by atoms with Gasteiger partial charge in [-0.15, -0.1) is 0 Å². The second-order valence-electron chi connectivity index (χ2n) is 4.45. The van der Waals surface area contributed by atoms with Gasteiger partial charge in [-0.05, 0) is 20.8 Å². The monoisotopic (exact) mass is 253 g/mol. The lowest BCUT2D eigenvalue weighted by Gasteiger charge is -2.22. The molecule has 96 valence electrons. The molecule has 0 radical (unpaired) electrons. The highest BCUT2D eigenvalue weighted by atomic mass is 32.2. The van der Waals surface area contributed by atoms with Gasteiger partial charge in [0.2, 0.25) is 0 Å². The second kappa shape index (κ2) is 5.60. The molecule has 0 aromatic rings. The number of carbonyl (C=O) groups excluding carboxylic acids is 1. The Hall–Kier alpha value is -0.660. The number of carbonyl (C=O) groups is 1. The van der Waals surface area contributed by atoms with Crippen molar-refractivity contribution < 1.29 is 22.1 Å². The summed E-state index contributed by atoms with van der Waals surface area (Å²) in [4.78, 5) is 11.5. The maximum Gasteiger partial charge on any atom is 0.313 e. The average molecular weight is 253 g/mol. The average Bonchev–Trinajstić information content (AvgIpc) is 1.99. The summed E-state index contributed by atoms with van der Waals surface area (Å²) in [6.45, 7) is 4.84. The summed E-state index contributed by atoms with van der Waals surface area (Å²) >= 11 is 0. The fraction of sp³-hybridized carbons (Fsp3) is 0.889. The number of hydrogen-bond acceptors (Lipinski definition) is 6. The SMILES string of the molecule is CC(C)(C)OC(=O)[C@H](CN)COS(C)(=O)=O. The first-order valence-corrected chi connectivity index (χ1v) is 6.64. The minimum Gasteiger partial charge on any atom is -0.460 e. The smallest absolute Gasteiger partial charge is 0.313 e. The van der Waals surface area contributed by atoms with Gasteiger partial charge in [-0.25, -0.2) is 0 Å². The van der Waals surface area contributed by atoms with Crippen LogP contribution in [-0.2, 0) is 23.8 Å². The Labute approximate surface area is 96.2 Å². The van der Waals surface area contributed by atoms with E-state index in [0.717, 1.165) is 6.26 Å². The first kappa shape index (κ1) is 15.3. The topological polar surface area (TPSA) is 95.7 Å². The van der Waals surface area contributed by atoms with E-state index in [4.69, 9.17) is 10.5 Å². The lowest BCUT2D eigenvalue weighted by Crippen LogP contribution is -2.35. The molecular weight excluding hydrogens is 234 g/mol. The molecule has 0 unspecified atom stereocenters. The van der Waals surface area contributed by atoms with E-state index in [-0.39, 0.29) is 13.2 Å². The van der Waals surface area contributed by atoms with Gasteiger partial charge in [-0.2, -0.15) is 8.42 Å². The molecule has 0 aliphatic heterocycles. The van der Waals surface area contributed by atoms with E-state index in [2.05, 4.69) is 4.18 Å². The quantitative estimate of drug-likeness (QED) is 0.542. The molecular formula is C9H19NO5S. The van der Waals surface area contributed by atoms with E-state index in [1.165, 1.54) is 0 Å². The molecule has 16 heavy (non-hydrogen) atoms. The summed E-state index contributed by atoms with van der Waals surface area (Å²) in [7, 11) is -3.57. The third-order valence-electron chi connectivity index (χ3n) is 1.51. The number of nitrogens with two attached hydrogens (primary N) is 1. The van der Waals surface area contributed by atoms with Crippen LogP contribution in [0.1, 0.15) is 20.8 Å². The van der Waals surface area contributed by atoms with Crippen LogP contribution in [-0.4, -0.2) is 39.4 Å². The zero-order chi connectivity index (χ0) is 13.0. The lowest BCUT2D eigenvalue weighted by molar-refractivity contribution is -0.160. The number of esters is 1. The molecule has 0 heterocycles. The van der Waals surface area contributed by atoms with Crippen LogP contribution in [0.4, 0.5) is 0 Å². The van der Waals surface area contributed by atoms with Gasteiger partial charge in [0, 0.05) is 6.54 Å². The van der Waals surface area contributed by atoms with Gasteiger partial charge in [0.25, 0.3) is 10.1 Å². The highest BCUT2D eigenvalue weighted by Crippen LogP contribution is 2.11. The van der Waals surface area contributed by atoms with Crippen LogP contribution < -0.4 is 5.73 Å². The van der Waals surface area contributed by atoms with Crippen molar-refractivity contribution in [3.05, 3.63) is 0 Å². The molecule has 0 spiro atoms. The third kappa shape index (κ3) is 7.61. The second-order valence-corrected chi connectivity index (χ2v) is 6.10. The first-order valence-electron chi connectivity index (χ1n) is 4.82.